The van der Waals surface area contributed by atoms with Gasteiger partial charge in [0.15, 0.2) is 11.6 Å². The summed E-state index contributed by atoms with van der Waals surface area (Å²) >= 11 is 0. The zero-order valence-corrected chi connectivity index (χ0v) is 10.9. The molecule has 2 amide bonds. The maximum absolute atomic E-state index is 13.7. The normalized spacial score (nSPS) is 11.2. The van der Waals surface area contributed by atoms with E-state index >= 15 is 0 Å². The third kappa shape index (κ3) is 3.22. The summed E-state index contributed by atoms with van der Waals surface area (Å²) in [5, 5.41) is 10.2. The van der Waals surface area contributed by atoms with Crippen molar-refractivity contribution >= 4 is 23.5 Å². The fourth-order valence-corrected chi connectivity index (χ4v) is 1.34. The van der Waals surface area contributed by atoms with Crippen molar-refractivity contribution < 1.29 is 27.4 Å². The molecule has 0 aromatic carbocycles. The van der Waals surface area contributed by atoms with Crippen LogP contribution >= 0.6 is 0 Å². The Morgan fingerprint density at radius 1 is 1.00 bits per heavy atom. The molecule has 0 bridgehead atoms. The zero-order valence-electron chi connectivity index (χ0n) is 10.9. The summed E-state index contributed by atoms with van der Waals surface area (Å²) in [6.07, 6.45) is 0. The van der Waals surface area contributed by atoms with Crippen molar-refractivity contribution in [2.45, 2.75) is 19.8 Å². The van der Waals surface area contributed by atoms with Crippen LogP contribution in [0.25, 0.3) is 0 Å². The van der Waals surface area contributed by atoms with Crippen LogP contribution in [-0.2, 0) is 9.59 Å². The van der Waals surface area contributed by atoms with Crippen LogP contribution in [0.15, 0.2) is 21.2 Å². The number of anilines is 2. The molecule has 0 aliphatic heterocycles. The van der Waals surface area contributed by atoms with Gasteiger partial charge in [0.2, 0.25) is 0 Å². The van der Waals surface area contributed by atoms with Gasteiger partial charge >= 0.3 is 17.7 Å². The highest BCUT2D eigenvalue weighted by Crippen LogP contribution is 2.20. The van der Waals surface area contributed by atoms with Gasteiger partial charge in [0.05, 0.1) is 0 Å². The molecule has 0 aliphatic carbocycles. The Labute approximate surface area is 116 Å². The predicted molar refractivity (Wildman–Crippen MR) is 64.7 cm³/mol. The number of hydrogen-bond donors (Lipinski definition) is 2. The second kappa shape index (κ2) is 5.31. The molecule has 21 heavy (non-hydrogen) atoms. The number of carbonyl (C=O) groups excluding carboxylic acids is 2. The van der Waals surface area contributed by atoms with Crippen LogP contribution in [0, 0.1) is 13.8 Å². The molecule has 0 unspecified atom stereocenters. The summed E-state index contributed by atoms with van der Waals surface area (Å²) in [4.78, 5) is 22.9. The first kappa shape index (κ1) is 14.6. The van der Waals surface area contributed by atoms with E-state index in [1.165, 1.54) is 26.0 Å². The van der Waals surface area contributed by atoms with E-state index < -0.39 is 17.7 Å². The summed E-state index contributed by atoms with van der Waals surface area (Å²) in [6.45, 7) is 3.03. The van der Waals surface area contributed by atoms with Gasteiger partial charge in [0.25, 0.3) is 0 Å². The van der Waals surface area contributed by atoms with E-state index in [0.717, 1.165) is 0 Å². The Balaban J connectivity index is 2.05. The molecule has 0 radical (unpaired) electrons. The molecule has 8 nitrogen and oxygen atoms in total. The minimum absolute atomic E-state index is 0.220. The van der Waals surface area contributed by atoms with Crippen LogP contribution in [0.3, 0.4) is 0 Å². The maximum Gasteiger partial charge on any atom is 0.401 e. The fraction of sp³-hybridized carbons (Fsp3) is 0.273. The molecule has 0 aliphatic rings. The first-order chi connectivity index (χ1) is 9.79. The number of nitrogens with one attached hydrogen (secondary N) is 2. The average Bonchev–Trinajstić information content (AvgIpc) is 2.98. The van der Waals surface area contributed by atoms with Crippen LogP contribution in [0.2, 0.25) is 0 Å². The van der Waals surface area contributed by atoms with Crippen molar-refractivity contribution in [2.75, 3.05) is 10.6 Å². The topological polar surface area (TPSA) is 110 Å². The molecule has 0 saturated carbocycles. The molecule has 112 valence electrons. The second-order valence-corrected chi connectivity index (χ2v) is 4.13. The van der Waals surface area contributed by atoms with Crippen LogP contribution < -0.4 is 10.6 Å². The summed E-state index contributed by atoms with van der Waals surface area (Å²) in [5.41, 5.74) is 0. The number of hydrogen-bond acceptors (Lipinski definition) is 6. The molecule has 0 spiro atoms. The number of nitrogens with zero attached hydrogens (tertiary/aromatic N) is 2. The van der Waals surface area contributed by atoms with E-state index in [-0.39, 0.29) is 11.6 Å². The van der Waals surface area contributed by atoms with Crippen LogP contribution in [-0.4, -0.2) is 28.1 Å². The SMILES string of the molecule is Cc1cc(NC(=O)C(F)(F)C(=O)Nc2cc(C)on2)no1. The van der Waals surface area contributed by atoms with Gasteiger partial charge < -0.3 is 19.7 Å². The third-order valence-electron chi connectivity index (χ3n) is 2.31. The minimum atomic E-state index is -4.32. The van der Waals surface area contributed by atoms with Gasteiger partial charge in [-0.25, -0.2) is 0 Å². The van der Waals surface area contributed by atoms with Crippen molar-refractivity contribution in [1.82, 2.24) is 10.3 Å². The number of halogens is 2. The maximum atomic E-state index is 13.7. The van der Waals surface area contributed by atoms with E-state index in [1.54, 1.807) is 10.6 Å². The van der Waals surface area contributed by atoms with Gasteiger partial charge in [-0.1, -0.05) is 10.3 Å². The number of amides is 2. The zero-order chi connectivity index (χ0) is 15.6. The highest BCUT2D eigenvalue weighted by atomic mass is 19.3. The molecule has 10 heteroatoms. The van der Waals surface area contributed by atoms with Gasteiger partial charge in [0.1, 0.15) is 11.5 Å². The predicted octanol–water partition coefficient (Wildman–Crippen LogP) is 1.49. The van der Waals surface area contributed by atoms with Gasteiger partial charge in [-0.3, -0.25) is 9.59 Å². The van der Waals surface area contributed by atoms with Crippen molar-refractivity contribution in [3.63, 3.8) is 0 Å². The van der Waals surface area contributed by atoms with Crippen LogP contribution in [0.4, 0.5) is 20.4 Å². The van der Waals surface area contributed by atoms with Gasteiger partial charge in [-0.05, 0) is 13.8 Å². The first-order valence-corrected chi connectivity index (χ1v) is 5.66. The fourth-order valence-electron chi connectivity index (χ4n) is 1.34. The molecular formula is C11H10F2N4O4. The lowest BCUT2D eigenvalue weighted by Gasteiger charge is -2.13. The smallest absolute Gasteiger partial charge is 0.360 e. The van der Waals surface area contributed by atoms with Crippen molar-refractivity contribution in [2.24, 2.45) is 0 Å². The molecular weight excluding hydrogens is 290 g/mol. The monoisotopic (exact) mass is 300 g/mol. The van der Waals surface area contributed by atoms with Crippen LogP contribution in [0.1, 0.15) is 11.5 Å². The van der Waals surface area contributed by atoms with E-state index in [0.29, 0.717) is 11.5 Å². The standard InChI is InChI=1S/C11H10F2N4O4/c1-5-3-7(16-20-5)14-9(18)11(12,13)10(19)15-8-4-6(2)21-17-8/h3-4H,1-2H3,(H,14,16,18)(H,15,17,19). The Hall–Kier alpha value is -2.78. The lowest BCUT2D eigenvalue weighted by molar-refractivity contribution is -0.152. The van der Waals surface area contributed by atoms with E-state index in [1.807, 2.05) is 0 Å². The molecule has 0 fully saturated rings. The van der Waals surface area contributed by atoms with Crippen LogP contribution in [0.5, 0.6) is 0 Å². The number of carbonyl (C=O) groups is 2. The van der Waals surface area contributed by atoms with E-state index in [9.17, 15) is 18.4 Å². The number of aromatic nitrogens is 2. The van der Waals surface area contributed by atoms with Crippen molar-refractivity contribution in [3.8, 4) is 0 Å². The Morgan fingerprint density at radius 2 is 1.38 bits per heavy atom. The van der Waals surface area contributed by atoms with Crippen molar-refractivity contribution in [3.05, 3.63) is 23.7 Å². The highest BCUT2D eigenvalue weighted by molar-refractivity contribution is 6.15. The molecule has 2 heterocycles. The second-order valence-electron chi connectivity index (χ2n) is 4.13. The van der Waals surface area contributed by atoms with Crippen molar-refractivity contribution in [1.29, 1.82) is 0 Å². The van der Waals surface area contributed by atoms with Gasteiger partial charge in [-0.15, -0.1) is 0 Å². The molecule has 2 rings (SSSR count). The minimum Gasteiger partial charge on any atom is -0.360 e. The summed E-state index contributed by atoms with van der Waals surface area (Å²) < 4.78 is 36.5. The van der Waals surface area contributed by atoms with Gasteiger partial charge in [0, 0.05) is 12.1 Å². The molecule has 0 atom stereocenters. The summed E-state index contributed by atoms with van der Waals surface area (Å²) in [5.74, 6) is -7.81. The molecule has 0 saturated heterocycles. The summed E-state index contributed by atoms with van der Waals surface area (Å²) in [6, 6.07) is 2.46. The third-order valence-corrected chi connectivity index (χ3v) is 2.31. The number of alkyl halides is 2. The largest absolute Gasteiger partial charge is 0.401 e. The number of aryl methyl sites for hydroxylation is 2. The Bertz CT molecular complexity index is 623. The quantitative estimate of drug-likeness (QED) is 0.828. The number of rotatable bonds is 4. The lowest BCUT2D eigenvalue weighted by Crippen LogP contribution is -2.45. The first-order valence-electron chi connectivity index (χ1n) is 5.66. The van der Waals surface area contributed by atoms with Gasteiger partial charge in [-0.2, -0.15) is 8.78 Å². The molecule has 2 aromatic heterocycles. The molecule has 2 aromatic rings. The van der Waals surface area contributed by atoms with E-state index in [4.69, 9.17) is 0 Å². The lowest BCUT2D eigenvalue weighted by atomic mass is 10.3. The summed E-state index contributed by atoms with van der Waals surface area (Å²) in [7, 11) is 0. The average molecular weight is 300 g/mol. The highest BCUT2D eigenvalue weighted by Gasteiger charge is 2.48. The molecule has 2 N–H and O–H groups in total. The Kier molecular flexibility index (Phi) is 3.70. The van der Waals surface area contributed by atoms with E-state index in [2.05, 4.69) is 19.4 Å². The Morgan fingerprint density at radius 3 is 1.67 bits per heavy atom.